The fourth-order valence-corrected chi connectivity index (χ4v) is 2.23. The van der Waals surface area contributed by atoms with Crippen LogP contribution in [0, 0.1) is 0 Å². The molecule has 0 bridgehead atoms. The maximum atomic E-state index is 12.6. The topological polar surface area (TPSA) is 38.0 Å². The number of rotatable bonds is 3. The molecule has 2 nitrogen and oxygen atoms in total. The van der Waals surface area contributed by atoms with Crippen LogP contribution >= 0.6 is 0 Å². The van der Waals surface area contributed by atoms with Crippen LogP contribution in [0.15, 0.2) is 24.3 Å². The maximum Gasteiger partial charge on any atom is 0.416 e. The molecule has 0 aromatic heterocycles. The molecule has 0 aliphatic heterocycles. The zero-order valence-electron chi connectivity index (χ0n) is 10.2. The molecule has 0 saturated heterocycles. The molecule has 18 heavy (non-hydrogen) atoms. The molecule has 1 atom stereocenters. The monoisotopic (exact) mass is 258 g/mol. The summed E-state index contributed by atoms with van der Waals surface area (Å²) in [6, 6.07) is 5.92. The number of nitrogens with one attached hydrogen (secondary N) is 1. The highest BCUT2D eigenvalue weighted by molar-refractivity contribution is 5.27. The van der Waals surface area contributed by atoms with Crippen molar-refractivity contribution in [1.82, 2.24) is 5.32 Å². The second-order valence-electron chi connectivity index (χ2n) is 4.94. The van der Waals surface area contributed by atoms with Crippen molar-refractivity contribution in [2.75, 3.05) is 0 Å². The van der Waals surface area contributed by atoms with Crippen LogP contribution in [0.2, 0.25) is 0 Å². The Hall–Kier alpha value is -1.07. The van der Waals surface area contributed by atoms with Crippen molar-refractivity contribution >= 4 is 0 Å². The Morgan fingerprint density at radius 1 is 1.33 bits per heavy atom. The van der Waals surface area contributed by atoms with Gasteiger partial charge in [0.1, 0.15) is 0 Å². The molecule has 100 valence electrons. The van der Waals surface area contributed by atoms with Gasteiger partial charge in [0.05, 0.1) is 5.56 Å². The zero-order valence-corrected chi connectivity index (χ0v) is 10.2. The average molecular weight is 258 g/mol. The quantitative estimate of drug-likeness (QED) is 0.875. The van der Waals surface area contributed by atoms with Gasteiger partial charge in [-0.05, 0) is 37.5 Å². The summed E-state index contributed by atoms with van der Waals surface area (Å²) in [4.78, 5) is 0. The molecule has 1 saturated carbocycles. The maximum absolute atomic E-state index is 12.6. The number of nitrogens with two attached hydrogens (primary N) is 1. The molecule has 1 unspecified atom stereocenters. The van der Waals surface area contributed by atoms with Crippen LogP contribution in [0.5, 0.6) is 0 Å². The first-order valence-corrected chi connectivity index (χ1v) is 6.05. The Kier molecular flexibility index (Phi) is 3.64. The molecule has 0 radical (unpaired) electrons. The molecule has 1 aromatic rings. The molecule has 0 spiro atoms. The second kappa shape index (κ2) is 4.90. The van der Waals surface area contributed by atoms with Gasteiger partial charge >= 0.3 is 6.18 Å². The van der Waals surface area contributed by atoms with Crippen molar-refractivity contribution in [3.05, 3.63) is 35.4 Å². The van der Waals surface area contributed by atoms with Crippen molar-refractivity contribution < 1.29 is 13.2 Å². The van der Waals surface area contributed by atoms with Crippen LogP contribution in [0.3, 0.4) is 0 Å². The lowest BCUT2D eigenvalue weighted by molar-refractivity contribution is -0.137. The summed E-state index contributed by atoms with van der Waals surface area (Å²) >= 11 is 0. The van der Waals surface area contributed by atoms with E-state index in [1.165, 1.54) is 12.1 Å². The molecular weight excluding hydrogens is 241 g/mol. The predicted molar refractivity (Wildman–Crippen MR) is 64.0 cm³/mol. The summed E-state index contributed by atoms with van der Waals surface area (Å²) in [5, 5.41) is 3.29. The number of hydrogen-bond donors (Lipinski definition) is 2. The van der Waals surface area contributed by atoms with Crippen molar-refractivity contribution in [3.8, 4) is 0 Å². The van der Waals surface area contributed by atoms with E-state index in [1.807, 2.05) is 6.92 Å². The van der Waals surface area contributed by atoms with E-state index in [2.05, 4.69) is 5.32 Å². The van der Waals surface area contributed by atoms with E-state index in [0.29, 0.717) is 11.6 Å². The molecule has 1 aromatic carbocycles. The molecule has 2 rings (SSSR count). The number of halogens is 3. The molecule has 1 aliphatic carbocycles. The van der Waals surface area contributed by atoms with E-state index in [1.54, 1.807) is 6.07 Å². The summed E-state index contributed by atoms with van der Waals surface area (Å²) in [5.41, 5.74) is 5.74. The summed E-state index contributed by atoms with van der Waals surface area (Å²) in [5.74, 6) is 0. The number of hydrogen-bond acceptors (Lipinski definition) is 2. The van der Waals surface area contributed by atoms with Gasteiger partial charge in [0, 0.05) is 18.1 Å². The standard InChI is InChI=1S/C13H17F3N2/c1-8(18-12-6-11(17)7-12)9-3-2-4-10(5-9)13(14,15)16/h2-5,8,11-12,18H,6-7,17H2,1H3. The van der Waals surface area contributed by atoms with E-state index in [0.717, 1.165) is 18.9 Å². The van der Waals surface area contributed by atoms with E-state index >= 15 is 0 Å². The Morgan fingerprint density at radius 2 is 2.00 bits per heavy atom. The van der Waals surface area contributed by atoms with Crippen molar-refractivity contribution in [2.45, 2.75) is 44.1 Å². The number of benzene rings is 1. The van der Waals surface area contributed by atoms with Crippen LogP contribution in [0.1, 0.15) is 36.9 Å². The van der Waals surface area contributed by atoms with E-state index < -0.39 is 11.7 Å². The summed E-state index contributed by atoms with van der Waals surface area (Å²) < 4.78 is 37.8. The summed E-state index contributed by atoms with van der Waals surface area (Å²) in [7, 11) is 0. The van der Waals surface area contributed by atoms with Gasteiger partial charge in [-0.3, -0.25) is 0 Å². The van der Waals surface area contributed by atoms with Crippen LogP contribution in [-0.2, 0) is 6.18 Å². The van der Waals surface area contributed by atoms with E-state index in [9.17, 15) is 13.2 Å². The Labute approximate surface area is 104 Å². The van der Waals surface area contributed by atoms with Gasteiger partial charge in [-0.2, -0.15) is 13.2 Å². The van der Waals surface area contributed by atoms with E-state index in [-0.39, 0.29) is 12.1 Å². The predicted octanol–water partition coefficient (Wildman–Crippen LogP) is 2.85. The fourth-order valence-electron chi connectivity index (χ4n) is 2.23. The molecule has 3 N–H and O–H groups in total. The minimum Gasteiger partial charge on any atom is -0.328 e. The van der Waals surface area contributed by atoms with Crippen molar-refractivity contribution in [1.29, 1.82) is 0 Å². The molecule has 1 fully saturated rings. The van der Waals surface area contributed by atoms with Gasteiger partial charge < -0.3 is 11.1 Å². The minimum atomic E-state index is -4.28. The SMILES string of the molecule is CC(NC1CC(N)C1)c1cccc(C(F)(F)F)c1. The molecule has 5 heteroatoms. The molecule has 1 aliphatic rings. The molecular formula is C13H17F3N2. The van der Waals surface area contributed by atoms with Crippen LogP contribution in [0.25, 0.3) is 0 Å². The Bertz CT molecular complexity index is 411. The minimum absolute atomic E-state index is 0.0928. The second-order valence-corrected chi connectivity index (χ2v) is 4.94. The first kappa shape index (κ1) is 13.4. The normalized spacial score (nSPS) is 25.6. The van der Waals surface area contributed by atoms with Crippen molar-refractivity contribution in [2.24, 2.45) is 5.73 Å². The average Bonchev–Trinajstić information content (AvgIpc) is 2.26. The zero-order chi connectivity index (χ0) is 13.3. The molecule has 0 amide bonds. The fraction of sp³-hybridized carbons (Fsp3) is 0.538. The number of alkyl halides is 3. The van der Waals surface area contributed by atoms with Crippen LogP contribution < -0.4 is 11.1 Å². The lowest BCUT2D eigenvalue weighted by atomic mass is 9.86. The Balaban J connectivity index is 2.03. The first-order chi connectivity index (χ1) is 8.36. The summed E-state index contributed by atoms with van der Waals surface area (Å²) in [6.07, 6.45) is -2.50. The highest BCUT2D eigenvalue weighted by atomic mass is 19.4. The van der Waals surface area contributed by atoms with Gasteiger partial charge in [-0.1, -0.05) is 12.1 Å². The highest BCUT2D eigenvalue weighted by Gasteiger charge is 2.31. The van der Waals surface area contributed by atoms with Gasteiger partial charge in [0.2, 0.25) is 0 Å². The van der Waals surface area contributed by atoms with Crippen molar-refractivity contribution in [3.63, 3.8) is 0 Å². The summed E-state index contributed by atoms with van der Waals surface area (Å²) in [6.45, 7) is 1.87. The van der Waals surface area contributed by atoms with Gasteiger partial charge in [0.15, 0.2) is 0 Å². The third-order valence-electron chi connectivity index (χ3n) is 3.37. The lowest BCUT2D eigenvalue weighted by Crippen LogP contribution is -2.49. The third kappa shape index (κ3) is 3.03. The third-order valence-corrected chi connectivity index (χ3v) is 3.37. The Morgan fingerprint density at radius 3 is 2.56 bits per heavy atom. The van der Waals surface area contributed by atoms with Crippen LogP contribution in [0.4, 0.5) is 13.2 Å². The molecule has 0 heterocycles. The van der Waals surface area contributed by atoms with E-state index in [4.69, 9.17) is 5.73 Å². The van der Waals surface area contributed by atoms with Gasteiger partial charge in [-0.25, -0.2) is 0 Å². The van der Waals surface area contributed by atoms with Crippen LogP contribution in [-0.4, -0.2) is 12.1 Å². The highest BCUT2D eigenvalue weighted by Crippen LogP contribution is 2.31. The smallest absolute Gasteiger partial charge is 0.328 e. The largest absolute Gasteiger partial charge is 0.416 e. The lowest BCUT2D eigenvalue weighted by Gasteiger charge is -2.35. The van der Waals surface area contributed by atoms with Gasteiger partial charge in [-0.15, -0.1) is 0 Å². The van der Waals surface area contributed by atoms with Gasteiger partial charge in [0.25, 0.3) is 0 Å². The first-order valence-electron chi connectivity index (χ1n) is 6.05.